The van der Waals surface area contributed by atoms with Crippen LogP contribution in [-0.2, 0) is 0 Å². The van der Waals surface area contributed by atoms with Crippen LogP contribution < -0.4 is 5.32 Å². The number of hydrogen-bond acceptors (Lipinski definition) is 3. The van der Waals surface area contributed by atoms with Gasteiger partial charge in [0, 0.05) is 18.0 Å². The highest BCUT2D eigenvalue weighted by Gasteiger charge is 2.10. The first-order valence-electron chi connectivity index (χ1n) is 6.50. The molecule has 106 valence electrons. The topological polar surface area (TPSA) is 37.8 Å². The van der Waals surface area contributed by atoms with Gasteiger partial charge in [-0.2, -0.15) is 0 Å². The summed E-state index contributed by atoms with van der Waals surface area (Å²) in [5, 5.41) is 4.09. The molecule has 0 spiro atoms. The lowest BCUT2D eigenvalue weighted by atomic mass is 10.1. The monoisotopic (exact) mass is 301 g/mol. The van der Waals surface area contributed by atoms with Crippen molar-refractivity contribution in [2.45, 2.75) is 6.92 Å². The van der Waals surface area contributed by atoms with Crippen LogP contribution in [0.25, 0.3) is 22.3 Å². The van der Waals surface area contributed by atoms with Gasteiger partial charge in [-0.05, 0) is 37.3 Å². The van der Waals surface area contributed by atoms with Crippen molar-refractivity contribution in [3.8, 4) is 11.4 Å². The summed E-state index contributed by atoms with van der Waals surface area (Å²) in [4.78, 5) is 8.97. The third-order valence-corrected chi connectivity index (χ3v) is 3.57. The average molecular weight is 302 g/mol. The fourth-order valence-corrected chi connectivity index (χ4v) is 2.31. The van der Waals surface area contributed by atoms with Gasteiger partial charge < -0.3 is 5.32 Å². The molecule has 0 saturated carbocycles. The molecular weight excluding hydrogens is 289 g/mol. The summed E-state index contributed by atoms with van der Waals surface area (Å²) in [6.07, 6.45) is 0. The number of fused-ring (bicyclic) bond motifs is 1. The van der Waals surface area contributed by atoms with Gasteiger partial charge >= 0.3 is 0 Å². The highest BCUT2D eigenvalue weighted by Crippen LogP contribution is 2.27. The molecule has 0 amide bonds. The van der Waals surface area contributed by atoms with Crippen molar-refractivity contribution >= 4 is 28.3 Å². The Kier molecular flexibility index (Phi) is 3.47. The van der Waals surface area contributed by atoms with Gasteiger partial charge in [0.2, 0.25) is 0 Å². The van der Waals surface area contributed by atoms with Crippen LogP contribution >= 0.6 is 11.6 Å². The maximum Gasteiger partial charge on any atom is 0.162 e. The van der Waals surface area contributed by atoms with Crippen molar-refractivity contribution in [2.24, 2.45) is 0 Å². The molecule has 3 rings (SSSR count). The van der Waals surface area contributed by atoms with E-state index in [2.05, 4.69) is 15.3 Å². The van der Waals surface area contributed by atoms with Gasteiger partial charge in [-0.15, -0.1) is 0 Å². The number of nitrogens with one attached hydrogen (secondary N) is 1. The van der Waals surface area contributed by atoms with Gasteiger partial charge in [0.05, 0.1) is 10.5 Å². The van der Waals surface area contributed by atoms with Gasteiger partial charge in [-0.1, -0.05) is 23.2 Å². The number of halogens is 2. The summed E-state index contributed by atoms with van der Waals surface area (Å²) >= 11 is 5.71. The lowest BCUT2D eigenvalue weighted by Gasteiger charge is -2.09. The fraction of sp³-hybridized carbons (Fsp3) is 0.125. The first-order chi connectivity index (χ1) is 10.1. The van der Waals surface area contributed by atoms with Crippen LogP contribution in [0.2, 0.25) is 5.02 Å². The van der Waals surface area contributed by atoms with Gasteiger partial charge in [-0.25, -0.2) is 14.4 Å². The number of anilines is 1. The summed E-state index contributed by atoms with van der Waals surface area (Å²) in [5.74, 6) is 0.702. The summed E-state index contributed by atoms with van der Waals surface area (Å²) in [5.41, 5.74) is 2.54. The molecule has 0 aliphatic heterocycles. The van der Waals surface area contributed by atoms with Crippen LogP contribution in [0.3, 0.4) is 0 Å². The molecule has 5 heteroatoms. The number of hydrogen-bond donors (Lipinski definition) is 1. The fourth-order valence-electron chi connectivity index (χ4n) is 2.20. The number of aromatic nitrogens is 2. The van der Waals surface area contributed by atoms with Crippen molar-refractivity contribution < 1.29 is 4.39 Å². The maximum absolute atomic E-state index is 13.6. The zero-order valence-electron chi connectivity index (χ0n) is 11.6. The minimum absolute atomic E-state index is 0.0870. The Morgan fingerprint density at radius 2 is 1.90 bits per heavy atom. The molecule has 1 N–H and O–H groups in total. The molecule has 1 heterocycles. The summed E-state index contributed by atoms with van der Waals surface area (Å²) in [6.45, 7) is 2.02. The Labute approximate surface area is 126 Å². The van der Waals surface area contributed by atoms with Crippen LogP contribution in [0.5, 0.6) is 0 Å². The van der Waals surface area contributed by atoms with E-state index in [1.54, 1.807) is 13.1 Å². The van der Waals surface area contributed by atoms with Crippen LogP contribution in [0.1, 0.15) is 5.56 Å². The minimum atomic E-state index is -0.479. The average Bonchev–Trinajstić information content (AvgIpc) is 2.49. The Hall–Kier alpha value is -2.20. The highest BCUT2D eigenvalue weighted by atomic mass is 35.5. The second-order valence-electron chi connectivity index (χ2n) is 4.80. The van der Waals surface area contributed by atoms with Crippen molar-refractivity contribution in [3.63, 3.8) is 0 Å². The minimum Gasteiger partial charge on any atom is -0.373 e. The van der Waals surface area contributed by atoms with E-state index in [9.17, 15) is 4.39 Å². The SMILES string of the molecule is CNc1nc(-c2ccc(Cl)c(F)c2)nc2ccc(C)cc12. The number of aryl methyl sites for hydroxylation is 1. The van der Waals surface area contributed by atoms with Gasteiger partial charge in [-0.3, -0.25) is 0 Å². The lowest BCUT2D eigenvalue weighted by molar-refractivity contribution is 0.628. The zero-order chi connectivity index (χ0) is 15.0. The molecule has 3 nitrogen and oxygen atoms in total. The maximum atomic E-state index is 13.6. The van der Waals surface area contributed by atoms with Crippen LogP contribution in [-0.4, -0.2) is 17.0 Å². The van der Waals surface area contributed by atoms with Crippen LogP contribution in [0, 0.1) is 12.7 Å². The predicted octanol–water partition coefficient (Wildman–Crippen LogP) is 4.44. The van der Waals surface area contributed by atoms with Gasteiger partial charge in [0.1, 0.15) is 11.6 Å². The van der Waals surface area contributed by atoms with Crippen LogP contribution in [0.4, 0.5) is 10.2 Å². The molecule has 0 fully saturated rings. The lowest BCUT2D eigenvalue weighted by Crippen LogP contribution is -1.99. The molecule has 21 heavy (non-hydrogen) atoms. The molecule has 1 aromatic heterocycles. The molecule has 0 aliphatic rings. The van der Waals surface area contributed by atoms with Crippen LogP contribution in [0.15, 0.2) is 36.4 Å². The molecule has 0 atom stereocenters. The van der Waals surface area contributed by atoms with Crippen molar-refractivity contribution in [1.82, 2.24) is 9.97 Å². The predicted molar refractivity (Wildman–Crippen MR) is 84.2 cm³/mol. The molecule has 0 bridgehead atoms. The molecule has 0 radical (unpaired) electrons. The second kappa shape index (κ2) is 5.30. The normalized spacial score (nSPS) is 10.9. The van der Waals surface area contributed by atoms with E-state index in [1.165, 1.54) is 12.1 Å². The van der Waals surface area contributed by atoms with E-state index in [1.807, 2.05) is 25.1 Å². The quantitative estimate of drug-likeness (QED) is 0.760. The van der Waals surface area contributed by atoms with E-state index >= 15 is 0 Å². The van der Waals surface area contributed by atoms with E-state index in [0.29, 0.717) is 17.2 Å². The van der Waals surface area contributed by atoms with E-state index in [-0.39, 0.29) is 5.02 Å². The standard InChI is InChI=1S/C16H13ClFN3/c1-9-3-6-14-11(7-9)16(19-2)21-15(20-14)10-4-5-12(17)13(18)8-10/h3-8H,1-2H3,(H,19,20,21). The van der Waals surface area contributed by atoms with E-state index < -0.39 is 5.82 Å². The Morgan fingerprint density at radius 3 is 2.62 bits per heavy atom. The zero-order valence-corrected chi connectivity index (χ0v) is 12.4. The Bertz CT molecular complexity index is 833. The number of nitrogens with zero attached hydrogens (tertiary/aromatic N) is 2. The third-order valence-electron chi connectivity index (χ3n) is 3.27. The molecule has 0 saturated heterocycles. The van der Waals surface area contributed by atoms with Crippen molar-refractivity contribution in [3.05, 3.63) is 52.8 Å². The molecule has 3 aromatic rings. The van der Waals surface area contributed by atoms with Gasteiger partial charge in [0.15, 0.2) is 5.82 Å². The molecular formula is C16H13ClFN3. The number of benzene rings is 2. The largest absolute Gasteiger partial charge is 0.373 e. The first kappa shape index (κ1) is 13.8. The molecule has 0 unspecified atom stereocenters. The van der Waals surface area contributed by atoms with E-state index in [4.69, 9.17) is 11.6 Å². The summed E-state index contributed by atoms with van der Waals surface area (Å²) < 4.78 is 13.6. The van der Waals surface area contributed by atoms with E-state index in [0.717, 1.165) is 16.5 Å². The highest BCUT2D eigenvalue weighted by molar-refractivity contribution is 6.30. The first-order valence-corrected chi connectivity index (χ1v) is 6.88. The van der Waals surface area contributed by atoms with Crippen molar-refractivity contribution in [1.29, 1.82) is 0 Å². The second-order valence-corrected chi connectivity index (χ2v) is 5.20. The third kappa shape index (κ3) is 2.54. The van der Waals surface area contributed by atoms with Gasteiger partial charge in [0.25, 0.3) is 0 Å². The summed E-state index contributed by atoms with van der Waals surface area (Å²) in [6, 6.07) is 10.5. The van der Waals surface area contributed by atoms with Crippen molar-refractivity contribution in [2.75, 3.05) is 12.4 Å². The molecule has 2 aromatic carbocycles. The Morgan fingerprint density at radius 1 is 1.10 bits per heavy atom. The molecule has 0 aliphatic carbocycles. The smallest absolute Gasteiger partial charge is 0.162 e. The summed E-state index contributed by atoms with van der Waals surface area (Å²) in [7, 11) is 1.80. The Balaban J connectivity index is 2.23. The number of rotatable bonds is 2.